The second-order valence-corrected chi connectivity index (χ2v) is 8.26. The molecule has 2 aromatic carbocycles. The van der Waals surface area contributed by atoms with Crippen molar-refractivity contribution in [1.29, 1.82) is 0 Å². The standard InChI is InChI=1S/C25H26N4O/c1-17-7-8-19-9-10-20-15-22(28-24(20)23(19)26-17)25(30)27-21-11-13-29(14-12-21)16-18-5-3-2-4-6-18/h2-10,15,21,26H,11-14,16H2,1H3,(H,27,30). The number of piperidine rings is 1. The van der Waals surface area contributed by atoms with Crippen molar-refractivity contribution in [2.45, 2.75) is 32.4 Å². The summed E-state index contributed by atoms with van der Waals surface area (Å²) in [6, 6.07) is 20.9. The molecule has 0 atom stereocenters. The summed E-state index contributed by atoms with van der Waals surface area (Å²) in [5, 5.41) is 5.30. The number of amides is 1. The summed E-state index contributed by atoms with van der Waals surface area (Å²) in [6.45, 7) is 4.99. The van der Waals surface area contributed by atoms with E-state index >= 15 is 0 Å². The van der Waals surface area contributed by atoms with E-state index in [0.29, 0.717) is 5.69 Å². The van der Waals surface area contributed by atoms with Gasteiger partial charge >= 0.3 is 0 Å². The molecule has 0 radical (unpaired) electrons. The van der Waals surface area contributed by atoms with Gasteiger partial charge in [0.1, 0.15) is 5.69 Å². The SMILES string of the molecule is Cc1ccc2ccc3cc(C(=O)NC4CCN(Cc5ccccc5)CC4)nc3c2[nH]1. The summed E-state index contributed by atoms with van der Waals surface area (Å²) in [4.78, 5) is 23.4. The van der Waals surface area contributed by atoms with Gasteiger partial charge in [-0.25, -0.2) is 4.98 Å². The number of H-pyrrole nitrogens is 1. The first kappa shape index (κ1) is 18.8. The van der Waals surface area contributed by atoms with E-state index in [9.17, 15) is 4.79 Å². The Morgan fingerprint density at radius 2 is 1.80 bits per heavy atom. The first-order chi connectivity index (χ1) is 14.7. The van der Waals surface area contributed by atoms with Crippen LogP contribution in [-0.2, 0) is 6.54 Å². The van der Waals surface area contributed by atoms with Crippen molar-refractivity contribution < 1.29 is 4.79 Å². The normalized spacial score (nSPS) is 15.6. The molecular weight excluding hydrogens is 372 g/mol. The van der Waals surface area contributed by atoms with Gasteiger partial charge in [0.25, 0.3) is 5.91 Å². The van der Waals surface area contributed by atoms with Gasteiger partial charge in [-0.15, -0.1) is 0 Å². The number of carbonyl (C=O) groups is 1. The van der Waals surface area contributed by atoms with E-state index in [1.54, 1.807) is 0 Å². The van der Waals surface area contributed by atoms with Crippen LogP contribution in [0.3, 0.4) is 0 Å². The zero-order chi connectivity index (χ0) is 20.5. The van der Waals surface area contributed by atoms with Crippen molar-refractivity contribution in [3.05, 3.63) is 77.6 Å². The zero-order valence-corrected chi connectivity index (χ0v) is 17.2. The highest BCUT2D eigenvalue weighted by Crippen LogP contribution is 2.25. The van der Waals surface area contributed by atoms with Gasteiger partial charge in [-0.2, -0.15) is 0 Å². The van der Waals surface area contributed by atoms with Crippen molar-refractivity contribution in [3.8, 4) is 0 Å². The number of likely N-dealkylation sites (tertiary alicyclic amines) is 1. The molecule has 0 saturated carbocycles. The van der Waals surface area contributed by atoms with Crippen molar-refractivity contribution >= 4 is 27.7 Å². The fourth-order valence-corrected chi connectivity index (χ4v) is 4.34. The number of fused-ring (bicyclic) bond motifs is 3. The van der Waals surface area contributed by atoms with Crippen LogP contribution in [0.1, 0.15) is 34.6 Å². The lowest BCUT2D eigenvalue weighted by Gasteiger charge is -2.32. The van der Waals surface area contributed by atoms with Crippen molar-refractivity contribution in [2.24, 2.45) is 0 Å². The highest BCUT2D eigenvalue weighted by atomic mass is 16.1. The molecule has 2 aromatic heterocycles. The van der Waals surface area contributed by atoms with E-state index in [1.807, 2.05) is 25.1 Å². The van der Waals surface area contributed by atoms with Crippen LogP contribution in [0.25, 0.3) is 21.8 Å². The maximum Gasteiger partial charge on any atom is 0.270 e. The molecule has 30 heavy (non-hydrogen) atoms. The predicted molar refractivity (Wildman–Crippen MR) is 121 cm³/mol. The molecule has 5 rings (SSSR count). The fraction of sp³-hybridized carbons (Fsp3) is 0.280. The number of pyridine rings is 1. The Hall–Kier alpha value is -3.18. The van der Waals surface area contributed by atoms with Gasteiger partial charge in [0.15, 0.2) is 0 Å². The number of aryl methyl sites for hydroxylation is 1. The number of hydrogen-bond acceptors (Lipinski definition) is 3. The quantitative estimate of drug-likeness (QED) is 0.535. The predicted octanol–water partition coefficient (Wildman–Crippen LogP) is 4.42. The number of hydrogen-bond donors (Lipinski definition) is 2. The molecule has 2 N–H and O–H groups in total. The first-order valence-electron chi connectivity index (χ1n) is 10.6. The molecular formula is C25H26N4O. The third kappa shape index (κ3) is 3.81. The third-order valence-corrected chi connectivity index (χ3v) is 6.01. The van der Waals surface area contributed by atoms with Gasteiger partial charge < -0.3 is 10.3 Å². The number of nitrogens with one attached hydrogen (secondary N) is 2. The Kier molecular flexibility index (Phi) is 4.97. The topological polar surface area (TPSA) is 61.0 Å². The van der Waals surface area contributed by atoms with E-state index in [0.717, 1.165) is 60.0 Å². The van der Waals surface area contributed by atoms with Crippen LogP contribution < -0.4 is 5.32 Å². The average Bonchev–Trinajstić information content (AvgIpc) is 3.21. The number of aromatic nitrogens is 2. The molecule has 152 valence electrons. The minimum atomic E-state index is -0.0755. The van der Waals surface area contributed by atoms with Gasteiger partial charge in [-0.3, -0.25) is 9.69 Å². The van der Waals surface area contributed by atoms with E-state index < -0.39 is 0 Å². The van der Waals surface area contributed by atoms with Gasteiger partial charge in [0.2, 0.25) is 0 Å². The number of rotatable bonds is 4. The maximum absolute atomic E-state index is 12.9. The van der Waals surface area contributed by atoms with Crippen LogP contribution in [-0.4, -0.2) is 39.9 Å². The van der Waals surface area contributed by atoms with Crippen LogP contribution in [0.15, 0.2) is 60.7 Å². The van der Waals surface area contributed by atoms with Crippen LogP contribution >= 0.6 is 0 Å². The van der Waals surface area contributed by atoms with E-state index in [-0.39, 0.29) is 11.9 Å². The number of nitrogens with zero attached hydrogens (tertiary/aromatic N) is 2. The van der Waals surface area contributed by atoms with Crippen LogP contribution in [0, 0.1) is 6.92 Å². The molecule has 3 heterocycles. The summed E-state index contributed by atoms with van der Waals surface area (Å²) in [5.41, 5.74) is 4.76. The molecule has 1 amide bonds. The highest BCUT2D eigenvalue weighted by molar-refractivity contribution is 6.07. The Morgan fingerprint density at radius 3 is 2.60 bits per heavy atom. The van der Waals surface area contributed by atoms with Crippen LogP contribution in [0.4, 0.5) is 0 Å². The van der Waals surface area contributed by atoms with Crippen molar-refractivity contribution in [1.82, 2.24) is 20.2 Å². The summed E-state index contributed by atoms with van der Waals surface area (Å²) in [5.74, 6) is -0.0755. The minimum Gasteiger partial charge on any atom is -0.357 e. The van der Waals surface area contributed by atoms with Gasteiger partial charge in [0.05, 0.1) is 11.0 Å². The summed E-state index contributed by atoms with van der Waals surface area (Å²) in [7, 11) is 0. The van der Waals surface area contributed by atoms with Gasteiger partial charge in [0, 0.05) is 42.1 Å². The smallest absolute Gasteiger partial charge is 0.270 e. The van der Waals surface area contributed by atoms with Crippen molar-refractivity contribution in [2.75, 3.05) is 13.1 Å². The molecule has 1 aliphatic rings. The van der Waals surface area contributed by atoms with E-state index in [4.69, 9.17) is 0 Å². The molecule has 0 unspecified atom stereocenters. The Labute approximate surface area is 176 Å². The average molecular weight is 399 g/mol. The molecule has 0 bridgehead atoms. The Morgan fingerprint density at radius 1 is 1.07 bits per heavy atom. The van der Waals surface area contributed by atoms with Gasteiger partial charge in [-0.05, 0) is 37.5 Å². The molecule has 0 aliphatic carbocycles. The number of carbonyl (C=O) groups excluding carboxylic acids is 1. The number of aromatic amines is 1. The second-order valence-electron chi connectivity index (χ2n) is 8.26. The maximum atomic E-state index is 12.9. The fourth-order valence-electron chi connectivity index (χ4n) is 4.34. The monoisotopic (exact) mass is 398 g/mol. The molecule has 0 spiro atoms. The first-order valence-corrected chi connectivity index (χ1v) is 10.6. The third-order valence-electron chi connectivity index (χ3n) is 6.01. The second kappa shape index (κ2) is 7.92. The van der Waals surface area contributed by atoms with E-state index in [1.165, 1.54) is 5.56 Å². The zero-order valence-electron chi connectivity index (χ0n) is 17.2. The minimum absolute atomic E-state index is 0.0755. The molecule has 5 nitrogen and oxygen atoms in total. The van der Waals surface area contributed by atoms with Gasteiger partial charge in [-0.1, -0.05) is 48.5 Å². The van der Waals surface area contributed by atoms with Crippen LogP contribution in [0.2, 0.25) is 0 Å². The Balaban J connectivity index is 1.25. The Bertz CT molecular complexity index is 1190. The summed E-state index contributed by atoms with van der Waals surface area (Å²) < 4.78 is 0. The largest absolute Gasteiger partial charge is 0.357 e. The molecule has 1 aliphatic heterocycles. The molecule has 4 aromatic rings. The lowest BCUT2D eigenvalue weighted by molar-refractivity contribution is 0.0904. The molecule has 1 saturated heterocycles. The molecule has 5 heteroatoms. The lowest BCUT2D eigenvalue weighted by atomic mass is 10.0. The van der Waals surface area contributed by atoms with Crippen LogP contribution in [0.5, 0.6) is 0 Å². The number of benzene rings is 2. The summed E-state index contributed by atoms with van der Waals surface area (Å²) >= 11 is 0. The van der Waals surface area contributed by atoms with E-state index in [2.05, 4.69) is 62.6 Å². The summed E-state index contributed by atoms with van der Waals surface area (Å²) in [6.07, 6.45) is 1.93. The highest BCUT2D eigenvalue weighted by Gasteiger charge is 2.22. The van der Waals surface area contributed by atoms with Crippen molar-refractivity contribution in [3.63, 3.8) is 0 Å². The lowest BCUT2D eigenvalue weighted by Crippen LogP contribution is -2.44. The molecule has 1 fully saturated rings.